The van der Waals surface area contributed by atoms with E-state index in [0.29, 0.717) is 16.4 Å². The van der Waals surface area contributed by atoms with Crippen molar-refractivity contribution in [3.8, 4) is 0 Å². The van der Waals surface area contributed by atoms with Crippen LogP contribution in [0, 0.1) is 13.8 Å². The van der Waals surface area contributed by atoms with E-state index < -0.39 is 0 Å². The highest BCUT2D eigenvalue weighted by Crippen LogP contribution is 2.27. The van der Waals surface area contributed by atoms with Crippen molar-refractivity contribution in [2.24, 2.45) is 0 Å². The van der Waals surface area contributed by atoms with Crippen molar-refractivity contribution in [1.82, 2.24) is 10.1 Å². The molecule has 2 aromatic heterocycles. The number of carbonyl (C=O) groups is 1. The van der Waals surface area contributed by atoms with Gasteiger partial charge in [-0.25, -0.2) is 4.98 Å². The summed E-state index contributed by atoms with van der Waals surface area (Å²) in [7, 11) is 0. The van der Waals surface area contributed by atoms with Crippen molar-refractivity contribution in [3.63, 3.8) is 0 Å². The molecule has 3 rings (SSSR count). The minimum atomic E-state index is -0.156. The number of amides is 1. The van der Waals surface area contributed by atoms with Crippen LogP contribution in [0.2, 0.25) is 0 Å². The molecule has 0 aliphatic rings. The Balaban J connectivity index is 1.73. The van der Waals surface area contributed by atoms with Gasteiger partial charge in [0.15, 0.2) is 5.13 Å². The van der Waals surface area contributed by atoms with Crippen LogP contribution in [-0.2, 0) is 5.75 Å². The van der Waals surface area contributed by atoms with Crippen molar-refractivity contribution in [2.75, 3.05) is 5.32 Å². The molecule has 5 nitrogen and oxygen atoms in total. The maximum absolute atomic E-state index is 12.5. The molecule has 1 aromatic carbocycles. The fourth-order valence-electron chi connectivity index (χ4n) is 1.99. The zero-order valence-corrected chi connectivity index (χ0v) is 14.3. The maximum Gasteiger partial charge on any atom is 0.258 e. The molecule has 118 valence electrons. The first-order chi connectivity index (χ1) is 11.1. The number of aromatic nitrogens is 2. The lowest BCUT2D eigenvalue weighted by Gasteiger charge is -2.07. The van der Waals surface area contributed by atoms with Crippen LogP contribution in [0.4, 0.5) is 5.13 Å². The molecule has 0 unspecified atom stereocenters. The first kappa shape index (κ1) is 15.8. The Morgan fingerprint density at radius 3 is 2.87 bits per heavy atom. The average Bonchev–Trinajstić information content (AvgIpc) is 3.14. The van der Waals surface area contributed by atoms with Crippen LogP contribution in [0.3, 0.4) is 0 Å². The van der Waals surface area contributed by atoms with E-state index in [2.05, 4.69) is 15.5 Å². The molecule has 0 aliphatic carbocycles. The molecule has 0 bridgehead atoms. The maximum atomic E-state index is 12.5. The third-order valence-electron chi connectivity index (χ3n) is 3.02. The van der Waals surface area contributed by atoms with Gasteiger partial charge in [0.1, 0.15) is 5.76 Å². The molecule has 1 N–H and O–H groups in total. The van der Waals surface area contributed by atoms with Gasteiger partial charge in [0.25, 0.3) is 5.91 Å². The Morgan fingerprint density at radius 2 is 2.17 bits per heavy atom. The second-order valence-electron chi connectivity index (χ2n) is 4.95. The topological polar surface area (TPSA) is 68.0 Å². The van der Waals surface area contributed by atoms with E-state index >= 15 is 0 Å². The van der Waals surface area contributed by atoms with E-state index in [1.807, 2.05) is 44.2 Å². The highest BCUT2D eigenvalue weighted by Gasteiger charge is 2.14. The summed E-state index contributed by atoms with van der Waals surface area (Å²) < 4.78 is 5.21. The number of hydrogen-bond acceptors (Lipinski definition) is 6. The van der Waals surface area contributed by atoms with E-state index in [1.165, 1.54) is 11.3 Å². The van der Waals surface area contributed by atoms with Crippen molar-refractivity contribution < 1.29 is 9.32 Å². The summed E-state index contributed by atoms with van der Waals surface area (Å²) in [5.41, 5.74) is 1.48. The molecular weight excluding hydrogens is 330 g/mol. The zero-order chi connectivity index (χ0) is 16.2. The van der Waals surface area contributed by atoms with Crippen LogP contribution in [0.5, 0.6) is 0 Å². The fraction of sp³-hybridized carbons (Fsp3) is 0.188. The highest BCUT2D eigenvalue weighted by molar-refractivity contribution is 7.98. The van der Waals surface area contributed by atoms with Crippen LogP contribution in [0.1, 0.15) is 26.7 Å². The summed E-state index contributed by atoms with van der Waals surface area (Å²) in [6.45, 7) is 3.84. The molecule has 7 heteroatoms. The summed E-state index contributed by atoms with van der Waals surface area (Å²) in [4.78, 5) is 18.6. The first-order valence-electron chi connectivity index (χ1n) is 6.99. The average molecular weight is 345 g/mol. The second-order valence-corrected chi connectivity index (χ2v) is 7.20. The SMILES string of the molecule is Cc1cc(CSc2ccccc2C(=O)Nc2ncc(C)s2)on1. The Kier molecular flexibility index (Phi) is 4.78. The Morgan fingerprint density at radius 1 is 1.35 bits per heavy atom. The standard InChI is InChI=1S/C16H15N3O2S2/c1-10-7-12(21-19-10)9-22-14-6-4-3-5-13(14)15(20)18-16-17-8-11(2)23-16/h3-8H,9H2,1-2H3,(H,17,18,20). The van der Waals surface area contributed by atoms with Crippen molar-refractivity contribution in [1.29, 1.82) is 0 Å². The molecule has 0 fully saturated rings. The summed E-state index contributed by atoms with van der Waals surface area (Å²) in [5.74, 6) is 1.26. The molecule has 0 saturated carbocycles. The number of carbonyl (C=O) groups excluding carboxylic acids is 1. The van der Waals surface area contributed by atoms with Gasteiger partial charge in [0, 0.05) is 22.0 Å². The van der Waals surface area contributed by atoms with E-state index in [4.69, 9.17) is 4.52 Å². The van der Waals surface area contributed by atoms with E-state index in [0.717, 1.165) is 21.2 Å². The van der Waals surface area contributed by atoms with Crippen LogP contribution >= 0.6 is 23.1 Å². The number of rotatable bonds is 5. The quantitative estimate of drug-likeness (QED) is 0.699. The van der Waals surface area contributed by atoms with Crippen LogP contribution in [0.25, 0.3) is 0 Å². The number of benzene rings is 1. The monoisotopic (exact) mass is 345 g/mol. The molecule has 3 aromatic rings. The summed E-state index contributed by atoms with van der Waals surface area (Å²) in [5, 5.41) is 7.32. The van der Waals surface area contributed by atoms with Gasteiger partial charge in [-0.2, -0.15) is 0 Å². The lowest BCUT2D eigenvalue weighted by molar-refractivity contribution is 0.102. The molecule has 0 atom stereocenters. The Labute approximate surface area is 142 Å². The number of hydrogen-bond donors (Lipinski definition) is 1. The smallest absolute Gasteiger partial charge is 0.258 e. The largest absolute Gasteiger partial charge is 0.360 e. The van der Waals surface area contributed by atoms with E-state index in [-0.39, 0.29) is 5.91 Å². The normalized spacial score (nSPS) is 10.7. The zero-order valence-electron chi connectivity index (χ0n) is 12.7. The van der Waals surface area contributed by atoms with Gasteiger partial charge in [-0.3, -0.25) is 10.1 Å². The molecule has 1 amide bonds. The number of nitrogens with zero attached hydrogens (tertiary/aromatic N) is 2. The third kappa shape index (κ3) is 4.00. The highest BCUT2D eigenvalue weighted by atomic mass is 32.2. The van der Waals surface area contributed by atoms with Gasteiger partial charge in [-0.15, -0.1) is 23.1 Å². The Hall–Kier alpha value is -2.12. The molecule has 0 aliphatic heterocycles. The minimum Gasteiger partial charge on any atom is -0.360 e. The molecular formula is C16H15N3O2S2. The number of nitrogens with one attached hydrogen (secondary N) is 1. The predicted molar refractivity (Wildman–Crippen MR) is 92.0 cm³/mol. The molecule has 0 spiro atoms. The number of thioether (sulfide) groups is 1. The number of aryl methyl sites for hydroxylation is 2. The summed E-state index contributed by atoms with van der Waals surface area (Å²) >= 11 is 3.00. The lowest BCUT2D eigenvalue weighted by Crippen LogP contribution is -2.12. The third-order valence-corrected chi connectivity index (χ3v) is 4.94. The van der Waals surface area contributed by atoms with Crippen molar-refractivity contribution >= 4 is 34.1 Å². The van der Waals surface area contributed by atoms with E-state index in [1.54, 1.807) is 18.0 Å². The summed E-state index contributed by atoms with van der Waals surface area (Å²) in [6, 6.07) is 9.40. The molecule has 0 saturated heterocycles. The molecule has 0 radical (unpaired) electrons. The van der Waals surface area contributed by atoms with E-state index in [9.17, 15) is 4.79 Å². The van der Waals surface area contributed by atoms with Gasteiger partial charge >= 0.3 is 0 Å². The summed E-state index contributed by atoms with van der Waals surface area (Å²) in [6.07, 6.45) is 1.74. The fourth-order valence-corrected chi connectivity index (χ4v) is 3.57. The van der Waals surface area contributed by atoms with Crippen LogP contribution in [0.15, 0.2) is 45.9 Å². The van der Waals surface area contributed by atoms with Crippen LogP contribution in [-0.4, -0.2) is 16.0 Å². The minimum absolute atomic E-state index is 0.156. The van der Waals surface area contributed by atoms with Gasteiger partial charge < -0.3 is 4.52 Å². The van der Waals surface area contributed by atoms with Gasteiger partial charge in [0.2, 0.25) is 0 Å². The van der Waals surface area contributed by atoms with Gasteiger partial charge in [-0.05, 0) is 26.0 Å². The predicted octanol–water partition coefficient (Wildman–Crippen LogP) is 4.29. The van der Waals surface area contributed by atoms with Gasteiger partial charge in [-0.1, -0.05) is 17.3 Å². The molecule has 23 heavy (non-hydrogen) atoms. The van der Waals surface area contributed by atoms with Crippen molar-refractivity contribution in [2.45, 2.75) is 24.5 Å². The Bertz CT molecular complexity index is 826. The number of thiazole rings is 1. The lowest BCUT2D eigenvalue weighted by atomic mass is 10.2. The van der Waals surface area contributed by atoms with Crippen LogP contribution < -0.4 is 5.32 Å². The van der Waals surface area contributed by atoms with Gasteiger partial charge in [0.05, 0.1) is 17.0 Å². The van der Waals surface area contributed by atoms with Crippen molar-refractivity contribution in [3.05, 3.63) is 58.4 Å². The second kappa shape index (κ2) is 6.97. The number of anilines is 1. The molecule has 2 heterocycles. The first-order valence-corrected chi connectivity index (χ1v) is 8.80.